The fourth-order valence-corrected chi connectivity index (χ4v) is 3.48. The predicted octanol–water partition coefficient (Wildman–Crippen LogP) is 4.15. The van der Waals surface area contributed by atoms with Crippen molar-refractivity contribution >= 4 is 28.2 Å². The third-order valence-corrected chi connectivity index (χ3v) is 5.02. The van der Waals surface area contributed by atoms with Gasteiger partial charge < -0.3 is 5.32 Å². The molecule has 0 amide bonds. The molecule has 0 atom stereocenters. The summed E-state index contributed by atoms with van der Waals surface area (Å²) in [5.41, 5.74) is 1.20. The van der Waals surface area contributed by atoms with Crippen LogP contribution in [-0.2, 0) is 0 Å². The second kappa shape index (κ2) is 5.57. The topological polar surface area (TPSA) is 37.8 Å². The summed E-state index contributed by atoms with van der Waals surface area (Å²) < 4.78 is 0. The molecule has 0 unspecified atom stereocenters. The van der Waals surface area contributed by atoms with Gasteiger partial charge in [-0.05, 0) is 19.8 Å². The van der Waals surface area contributed by atoms with Gasteiger partial charge in [0, 0.05) is 28.6 Å². The van der Waals surface area contributed by atoms with E-state index in [1.807, 2.05) is 19.1 Å². The van der Waals surface area contributed by atoms with Gasteiger partial charge in [-0.1, -0.05) is 37.1 Å². The fourth-order valence-electron chi connectivity index (χ4n) is 3.12. The maximum Gasteiger partial charge on any atom is 0.156 e. The van der Waals surface area contributed by atoms with Crippen molar-refractivity contribution in [2.75, 3.05) is 17.7 Å². The van der Waals surface area contributed by atoms with E-state index in [1.165, 1.54) is 25.7 Å². The zero-order chi connectivity index (χ0) is 14.0. The zero-order valence-electron chi connectivity index (χ0n) is 11.8. The van der Waals surface area contributed by atoms with E-state index in [9.17, 15) is 0 Å². The number of alkyl halides is 1. The van der Waals surface area contributed by atoms with Crippen LogP contribution in [0.4, 0.5) is 5.82 Å². The lowest BCUT2D eigenvalue weighted by Gasteiger charge is -2.26. The first-order valence-electron chi connectivity index (χ1n) is 7.26. The van der Waals surface area contributed by atoms with Crippen LogP contribution in [0.3, 0.4) is 0 Å². The minimum atomic E-state index is 0.231. The highest BCUT2D eigenvalue weighted by atomic mass is 35.5. The summed E-state index contributed by atoms with van der Waals surface area (Å²) in [4.78, 5) is 0. The molecule has 1 aromatic carbocycles. The maximum atomic E-state index is 6.20. The van der Waals surface area contributed by atoms with Gasteiger partial charge >= 0.3 is 0 Å². The molecular formula is C16H20ClN3. The molecule has 106 valence electrons. The Bertz CT molecular complexity index is 606. The Hall–Kier alpha value is -1.35. The predicted molar refractivity (Wildman–Crippen MR) is 84.4 cm³/mol. The molecule has 4 heteroatoms. The Morgan fingerprint density at radius 2 is 1.85 bits per heavy atom. The average Bonchev–Trinajstić information content (AvgIpc) is 2.96. The zero-order valence-corrected chi connectivity index (χ0v) is 12.6. The van der Waals surface area contributed by atoms with Gasteiger partial charge in [0.15, 0.2) is 5.82 Å². The van der Waals surface area contributed by atoms with Crippen LogP contribution in [0.2, 0.25) is 0 Å². The number of rotatable bonds is 4. The second-order valence-electron chi connectivity index (χ2n) is 5.87. The van der Waals surface area contributed by atoms with E-state index in [0.717, 1.165) is 34.7 Å². The van der Waals surface area contributed by atoms with E-state index in [4.69, 9.17) is 11.6 Å². The molecular weight excluding hydrogens is 270 g/mol. The molecule has 0 aliphatic heterocycles. The van der Waals surface area contributed by atoms with Crippen LogP contribution in [0.25, 0.3) is 10.8 Å². The van der Waals surface area contributed by atoms with Crippen LogP contribution in [0.5, 0.6) is 0 Å². The Labute approximate surface area is 124 Å². The lowest BCUT2D eigenvalue weighted by atomic mass is 9.88. The van der Waals surface area contributed by atoms with Crippen LogP contribution >= 0.6 is 11.6 Å². The van der Waals surface area contributed by atoms with E-state index in [0.29, 0.717) is 0 Å². The minimum Gasteiger partial charge on any atom is -0.367 e. The summed E-state index contributed by atoms with van der Waals surface area (Å²) in [6.45, 7) is 2.88. The summed E-state index contributed by atoms with van der Waals surface area (Å²) in [5, 5.41) is 14.4. The van der Waals surface area contributed by atoms with E-state index in [-0.39, 0.29) is 5.41 Å². The third-order valence-electron chi connectivity index (χ3n) is 4.45. The minimum absolute atomic E-state index is 0.231. The number of hydrogen-bond donors (Lipinski definition) is 1. The molecule has 0 radical (unpaired) electrons. The largest absolute Gasteiger partial charge is 0.367 e. The number of aromatic nitrogens is 2. The second-order valence-corrected chi connectivity index (χ2v) is 6.14. The van der Waals surface area contributed by atoms with Crippen LogP contribution < -0.4 is 5.32 Å². The first-order valence-corrected chi connectivity index (χ1v) is 7.79. The third kappa shape index (κ3) is 2.47. The molecule has 20 heavy (non-hydrogen) atoms. The summed E-state index contributed by atoms with van der Waals surface area (Å²) in [7, 11) is 0. The highest BCUT2D eigenvalue weighted by molar-refractivity contribution is 6.18. The number of fused-ring (bicyclic) bond motifs is 1. The van der Waals surface area contributed by atoms with Gasteiger partial charge in [-0.3, -0.25) is 0 Å². The number of nitrogens with zero attached hydrogens (tertiary/aromatic N) is 2. The van der Waals surface area contributed by atoms with E-state index >= 15 is 0 Å². The average molecular weight is 290 g/mol. The molecule has 1 saturated carbocycles. The molecule has 3 nitrogen and oxygen atoms in total. The van der Waals surface area contributed by atoms with Crippen molar-refractivity contribution < 1.29 is 0 Å². The Balaban J connectivity index is 1.86. The first kappa shape index (κ1) is 13.6. The molecule has 1 fully saturated rings. The molecule has 1 N–H and O–H groups in total. The number of nitrogens with one attached hydrogen (secondary N) is 1. The Morgan fingerprint density at radius 3 is 2.55 bits per heavy atom. The Morgan fingerprint density at radius 1 is 1.15 bits per heavy atom. The van der Waals surface area contributed by atoms with Gasteiger partial charge in [-0.25, -0.2) is 0 Å². The molecule has 1 heterocycles. The molecule has 1 aromatic heterocycles. The van der Waals surface area contributed by atoms with Crippen molar-refractivity contribution in [3.05, 3.63) is 30.0 Å². The smallest absolute Gasteiger partial charge is 0.156 e. The van der Waals surface area contributed by atoms with Crippen LogP contribution in [0.1, 0.15) is 31.4 Å². The van der Waals surface area contributed by atoms with Crippen molar-refractivity contribution in [1.29, 1.82) is 0 Å². The van der Waals surface area contributed by atoms with Crippen LogP contribution in [-0.4, -0.2) is 22.6 Å². The SMILES string of the molecule is Cc1nnc(NCC2(CCl)CCCC2)c2ccccc12. The summed E-state index contributed by atoms with van der Waals surface area (Å²) in [6, 6.07) is 8.28. The van der Waals surface area contributed by atoms with E-state index in [2.05, 4.69) is 27.6 Å². The summed E-state index contributed by atoms with van der Waals surface area (Å²) in [6.07, 6.45) is 4.99. The lowest BCUT2D eigenvalue weighted by Crippen LogP contribution is -2.29. The number of aryl methyl sites for hydroxylation is 1. The standard InChI is InChI=1S/C16H20ClN3/c1-12-13-6-2-3-7-14(13)15(20-19-12)18-11-16(10-17)8-4-5-9-16/h2-3,6-7H,4-5,8-11H2,1H3,(H,18,20). The maximum absolute atomic E-state index is 6.20. The summed E-state index contributed by atoms with van der Waals surface area (Å²) in [5.74, 6) is 1.60. The Kier molecular flexibility index (Phi) is 3.79. The summed E-state index contributed by atoms with van der Waals surface area (Å²) >= 11 is 6.20. The quantitative estimate of drug-likeness (QED) is 0.859. The number of benzene rings is 1. The lowest BCUT2D eigenvalue weighted by molar-refractivity contribution is 0.368. The van der Waals surface area contributed by atoms with Gasteiger partial charge in [-0.2, -0.15) is 5.10 Å². The highest BCUT2D eigenvalue weighted by Crippen LogP contribution is 2.39. The molecule has 0 spiro atoms. The fraction of sp³-hybridized carbons (Fsp3) is 0.500. The van der Waals surface area contributed by atoms with Gasteiger partial charge in [-0.15, -0.1) is 16.7 Å². The molecule has 0 bridgehead atoms. The molecule has 0 saturated heterocycles. The monoisotopic (exact) mass is 289 g/mol. The molecule has 2 aromatic rings. The number of hydrogen-bond acceptors (Lipinski definition) is 3. The van der Waals surface area contributed by atoms with Gasteiger partial charge in [0.25, 0.3) is 0 Å². The van der Waals surface area contributed by atoms with Crippen molar-refractivity contribution in [2.45, 2.75) is 32.6 Å². The number of halogens is 1. The van der Waals surface area contributed by atoms with Crippen molar-refractivity contribution in [3.8, 4) is 0 Å². The van der Waals surface area contributed by atoms with Crippen LogP contribution in [0, 0.1) is 12.3 Å². The van der Waals surface area contributed by atoms with Crippen LogP contribution in [0.15, 0.2) is 24.3 Å². The van der Waals surface area contributed by atoms with E-state index in [1.54, 1.807) is 0 Å². The molecule has 1 aliphatic carbocycles. The van der Waals surface area contributed by atoms with Gasteiger partial charge in [0.2, 0.25) is 0 Å². The highest BCUT2D eigenvalue weighted by Gasteiger charge is 2.33. The number of anilines is 1. The van der Waals surface area contributed by atoms with Crippen molar-refractivity contribution in [3.63, 3.8) is 0 Å². The van der Waals surface area contributed by atoms with Crippen molar-refractivity contribution in [2.24, 2.45) is 5.41 Å². The van der Waals surface area contributed by atoms with Crippen molar-refractivity contribution in [1.82, 2.24) is 10.2 Å². The molecule has 3 rings (SSSR count). The van der Waals surface area contributed by atoms with Gasteiger partial charge in [0.1, 0.15) is 0 Å². The first-order chi connectivity index (χ1) is 9.74. The van der Waals surface area contributed by atoms with E-state index < -0.39 is 0 Å². The normalized spacial score (nSPS) is 17.5. The van der Waals surface area contributed by atoms with Gasteiger partial charge in [0.05, 0.1) is 5.69 Å². The molecule has 1 aliphatic rings.